The maximum Gasteiger partial charge on any atom is 0.303 e. The van der Waals surface area contributed by atoms with E-state index in [1.807, 2.05) is 60.8 Å². The van der Waals surface area contributed by atoms with E-state index >= 15 is 0 Å². The molecular weight excluding hydrogens is 352 g/mol. The molecule has 3 aliphatic heterocycles. The Labute approximate surface area is 162 Å². The Hall–Kier alpha value is -3.80. The normalized spacial score (nSPS) is 21.1. The van der Waals surface area contributed by atoms with Crippen LogP contribution in [0.25, 0.3) is 12.2 Å². The summed E-state index contributed by atoms with van der Waals surface area (Å²) in [6, 6.07) is 1.97. The van der Waals surface area contributed by atoms with Gasteiger partial charge in [0.25, 0.3) is 0 Å². The van der Waals surface area contributed by atoms with E-state index in [1.54, 1.807) is 12.4 Å². The number of hydrogen-bond acceptors (Lipinski definition) is 4. The van der Waals surface area contributed by atoms with Gasteiger partial charge in [-0.3, -0.25) is 14.8 Å². The van der Waals surface area contributed by atoms with Crippen LogP contribution >= 0.6 is 0 Å². The predicted octanol–water partition coefficient (Wildman–Crippen LogP) is 3.89. The molecule has 0 bridgehead atoms. The third-order valence-corrected chi connectivity index (χ3v) is 4.29. The molecule has 3 aliphatic rings. The minimum atomic E-state index is -0.819. The van der Waals surface area contributed by atoms with E-state index < -0.39 is 5.97 Å². The van der Waals surface area contributed by atoms with Gasteiger partial charge in [0.05, 0.1) is 22.8 Å². The van der Waals surface area contributed by atoms with Gasteiger partial charge in [-0.25, -0.2) is 4.99 Å². The monoisotopic (exact) mass is 370 g/mol. The van der Waals surface area contributed by atoms with Crippen molar-refractivity contribution in [3.8, 4) is 0 Å². The van der Waals surface area contributed by atoms with Crippen LogP contribution in [-0.2, 0) is 11.2 Å². The molecule has 0 aromatic carbocycles. The van der Waals surface area contributed by atoms with Crippen LogP contribution in [0.5, 0.6) is 0 Å². The molecule has 0 unspecified atom stereocenters. The topological polar surface area (TPSA) is 90.2 Å². The smallest absolute Gasteiger partial charge is 0.303 e. The molecule has 4 heterocycles. The summed E-state index contributed by atoms with van der Waals surface area (Å²) in [5.74, 6) is -0.819. The van der Waals surface area contributed by atoms with E-state index in [9.17, 15) is 4.79 Å². The molecule has 28 heavy (non-hydrogen) atoms. The Morgan fingerprint density at radius 2 is 1.71 bits per heavy atom. The molecule has 1 aromatic rings. The van der Waals surface area contributed by atoms with Crippen molar-refractivity contribution in [3.05, 3.63) is 82.6 Å². The summed E-state index contributed by atoms with van der Waals surface area (Å²) >= 11 is 0. The molecule has 6 nitrogen and oxygen atoms in total. The van der Waals surface area contributed by atoms with Crippen LogP contribution in [0.4, 0.5) is 0 Å². The molecule has 2 N–H and O–H groups in total. The van der Waals surface area contributed by atoms with E-state index in [4.69, 9.17) is 5.11 Å². The highest BCUT2D eigenvalue weighted by molar-refractivity contribution is 6.08. The van der Waals surface area contributed by atoms with Gasteiger partial charge < -0.3 is 10.1 Å². The van der Waals surface area contributed by atoms with Crippen molar-refractivity contribution in [2.75, 3.05) is 0 Å². The number of nitrogens with zero attached hydrogens (tertiary/aromatic N) is 3. The van der Waals surface area contributed by atoms with Gasteiger partial charge in [-0.15, -0.1) is 0 Å². The number of aliphatic carboxylic acids is 1. The Morgan fingerprint density at radius 3 is 2.39 bits per heavy atom. The molecule has 1 aromatic heterocycles. The molecule has 6 heteroatoms. The highest BCUT2D eigenvalue weighted by atomic mass is 16.4. The van der Waals surface area contributed by atoms with Crippen LogP contribution in [0, 0.1) is 0 Å². The number of carbonyl (C=O) groups is 1. The largest absolute Gasteiger partial charge is 0.481 e. The first kappa shape index (κ1) is 17.6. The zero-order chi connectivity index (χ0) is 19.3. The number of aromatic nitrogens is 1. The van der Waals surface area contributed by atoms with Crippen molar-refractivity contribution in [2.45, 2.75) is 12.8 Å². The summed E-state index contributed by atoms with van der Waals surface area (Å²) < 4.78 is 0. The first-order valence-corrected chi connectivity index (χ1v) is 8.93. The van der Waals surface area contributed by atoms with Crippen molar-refractivity contribution in [1.82, 2.24) is 4.98 Å². The maximum atomic E-state index is 11.0. The molecule has 0 radical (unpaired) electrons. The maximum absolute atomic E-state index is 11.0. The van der Waals surface area contributed by atoms with Crippen LogP contribution < -0.4 is 0 Å². The molecule has 0 amide bonds. The van der Waals surface area contributed by atoms with Gasteiger partial charge in [0.15, 0.2) is 0 Å². The van der Waals surface area contributed by atoms with Crippen molar-refractivity contribution in [1.29, 1.82) is 0 Å². The lowest BCUT2D eigenvalue weighted by Crippen LogP contribution is -1.97. The second-order valence-corrected chi connectivity index (χ2v) is 6.41. The molecule has 0 spiro atoms. The highest BCUT2D eigenvalue weighted by Crippen LogP contribution is 2.22. The fourth-order valence-electron chi connectivity index (χ4n) is 3.00. The van der Waals surface area contributed by atoms with Crippen molar-refractivity contribution in [3.63, 3.8) is 0 Å². The van der Waals surface area contributed by atoms with Crippen molar-refractivity contribution < 1.29 is 9.90 Å². The molecule has 0 aliphatic carbocycles. The Kier molecular flexibility index (Phi) is 4.93. The Morgan fingerprint density at radius 1 is 0.964 bits per heavy atom. The second kappa shape index (κ2) is 7.84. The number of carboxylic acid groups (broad SMARTS) is 1. The third-order valence-electron chi connectivity index (χ3n) is 4.29. The number of hydrogen-bond donors (Lipinski definition) is 2. The first-order valence-electron chi connectivity index (χ1n) is 8.93. The number of H-pyrrole nitrogens is 1. The lowest BCUT2D eigenvalue weighted by Gasteiger charge is -1.98. The van der Waals surface area contributed by atoms with Crippen LogP contribution in [0.2, 0.25) is 0 Å². The third kappa shape index (κ3) is 4.29. The molecule has 0 fully saturated rings. The number of rotatable bonds is 6. The van der Waals surface area contributed by atoms with E-state index in [1.165, 1.54) is 0 Å². The number of nitrogens with one attached hydrogen (secondary N) is 1. The minimum Gasteiger partial charge on any atom is -0.481 e. The van der Waals surface area contributed by atoms with Crippen LogP contribution in [-0.4, -0.2) is 34.2 Å². The van der Waals surface area contributed by atoms with Gasteiger partial charge in [-0.1, -0.05) is 0 Å². The van der Waals surface area contributed by atoms with E-state index in [-0.39, 0.29) is 6.42 Å². The SMILES string of the molecule is O=C(O)CCc1cc(C=C2C=CC=N2)[nH]c1/C=C1/C=CC(/C=C2\C=CC=N2)=N1. The average molecular weight is 370 g/mol. The number of carboxylic acids is 1. The van der Waals surface area contributed by atoms with Gasteiger partial charge in [0.2, 0.25) is 0 Å². The average Bonchev–Trinajstić information content (AvgIpc) is 3.44. The van der Waals surface area contributed by atoms with Gasteiger partial charge in [0.1, 0.15) is 0 Å². The lowest BCUT2D eigenvalue weighted by molar-refractivity contribution is -0.136. The summed E-state index contributed by atoms with van der Waals surface area (Å²) in [7, 11) is 0. The van der Waals surface area contributed by atoms with E-state index in [0.29, 0.717) is 6.42 Å². The number of aliphatic imine (C=N–C) groups is 3. The first-order chi connectivity index (χ1) is 13.7. The quantitative estimate of drug-likeness (QED) is 0.795. The molecule has 0 atom stereocenters. The standard InChI is InChI=1S/C22H18N4O2/c27-22(28)8-5-15-11-20(13-17-4-2-10-24-17)26-21(15)14-19-7-6-18(25-19)12-16-3-1-9-23-16/h1-4,6-7,9-14,26H,5,8H2,(H,27,28)/b16-12+,17-13?,19-14-. The van der Waals surface area contributed by atoms with Gasteiger partial charge >= 0.3 is 5.97 Å². The molecule has 138 valence electrons. The minimum absolute atomic E-state index is 0.0723. The lowest BCUT2D eigenvalue weighted by atomic mass is 10.1. The molecule has 0 saturated carbocycles. The summed E-state index contributed by atoms with van der Waals surface area (Å²) in [4.78, 5) is 27.4. The summed E-state index contributed by atoms with van der Waals surface area (Å²) in [5.41, 5.74) is 6.02. The predicted molar refractivity (Wildman–Crippen MR) is 113 cm³/mol. The highest BCUT2D eigenvalue weighted by Gasteiger charge is 2.11. The van der Waals surface area contributed by atoms with Crippen molar-refractivity contribution >= 4 is 36.3 Å². The summed E-state index contributed by atoms with van der Waals surface area (Å²) in [6.07, 6.45) is 21.2. The Bertz CT molecular complexity index is 1060. The fourth-order valence-corrected chi connectivity index (χ4v) is 3.00. The molecule has 0 saturated heterocycles. The summed E-state index contributed by atoms with van der Waals surface area (Å²) in [6.45, 7) is 0. The molecular formula is C22H18N4O2. The second-order valence-electron chi connectivity index (χ2n) is 6.41. The van der Waals surface area contributed by atoms with Gasteiger partial charge in [0, 0.05) is 30.2 Å². The zero-order valence-electron chi connectivity index (χ0n) is 15.0. The molecule has 4 rings (SSSR count). The number of allylic oxidation sites excluding steroid dienone is 7. The van der Waals surface area contributed by atoms with Crippen LogP contribution in [0.3, 0.4) is 0 Å². The van der Waals surface area contributed by atoms with Crippen molar-refractivity contribution in [2.24, 2.45) is 15.0 Å². The summed E-state index contributed by atoms with van der Waals surface area (Å²) in [5, 5.41) is 9.03. The van der Waals surface area contributed by atoms with Crippen LogP contribution in [0.1, 0.15) is 23.4 Å². The van der Waals surface area contributed by atoms with E-state index in [2.05, 4.69) is 20.0 Å². The van der Waals surface area contributed by atoms with Gasteiger partial charge in [-0.05, 0) is 72.7 Å². The van der Waals surface area contributed by atoms with E-state index in [0.717, 1.165) is 39.8 Å². The number of aromatic amines is 1. The fraction of sp³-hybridized carbons (Fsp3) is 0.0909. The van der Waals surface area contributed by atoms with Gasteiger partial charge in [-0.2, -0.15) is 0 Å². The number of aryl methyl sites for hydroxylation is 1. The Balaban J connectivity index is 1.61. The zero-order valence-corrected chi connectivity index (χ0v) is 15.0. The van der Waals surface area contributed by atoms with Crippen LogP contribution in [0.15, 0.2) is 80.7 Å².